The van der Waals surface area contributed by atoms with Gasteiger partial charge in [-0.15, -0.1) is 0 Å². The number of halogens is 2. The van der Waals surface area contributed by atoms with Crippen molar-refractivity contribution >= 4 is 46.2 Å². The van der Waals surface area contributed by atoms with Crippen molar-refractivity contribution in [3.63, 3.8) is 0 Å². The van der Waals surface area contributed by atoms with Gasteiger partial charge in [0.1, 0.15) is 5.71 Å². The van der Waals surface area contributed by atoms with Crippen molar-refractivity contribution < 1.29 is 10.0 Å². The molecular weight excluding hydrogens is 315 g/mol. The van der Waals surface area contributed by atoms with E-state index in [-0.39, 0.29) is 17.3 Å². The van der Waals surface area contributed by atoms with Gasteiger partial charge in [-0.3, -0.25) is 10.2 Å². The van der Waals surface area contributed by atoms with E-state index in [9.17, 15) is 4.79 Å². The summed E-state index contributed by atoms with van der Waals surface area (Å²) < 4.78 is 0. The number of benzene rings is 1. The molecule has 1 aliphatic heterocycles. The van der Waals surface area contributed by atoms with Crippen molar-refractivity contribution in [1.82, 2.24) is 4.90 Å². The molecule has 1 heterocycles. The molecule has 1 fully saturated rings. The molecule has 6 nitrogen and oxygen atoms in total. The monoisotopic (exact) mass is 328 g/mol. The Morgan fingerprint density at radius 3 is 2.52 bits per heavy atom. The highest BCUT2D eigenvalue weighted by molar-refractivity contribution is 6.71. The van der Waals surface area contributed by atoms with Crippen LogP contribution in [-0.4, -0.2) is 40.0 Å². The predicted octanol–water partition coefficient (Wildman–Crippen LogP) is 2.84. The summed E-state index contributed by atoms with van der Waals surface area (Å²) in [7, 11) is 1.62. The highest BCUT2D eigenvalue weighted by atomic mass is 35.5. The second-order valence-electron chi connectivity index (χ2n) is 5.07. The van der Waals surface area contributed by atoms with Gasteiger partial charge in [0.2, 0.25) is 0 Å². The van der Waals surface area contributed by atoms with Gasteiger partial charge >= 0.3 is 0 Å². The van der Waals surface area contributed by atoms with Crippen LogP contribution in [0.5, 0.6) is 0 Å². The number of amides is 1. The Bertz CT molecular complexity index is 656. The molecule has 1 amide bonds. The third kappa shape index (κ3) is 2.69. The molecule has 0 spiro atoms. The van der Waals surface area contributed by atoms with Crippen molar-refractivity contribution in [1.29, 1.82) is 0 Å². The number of carbonyl (C=O) groups is 1. The van der Waals surface area contributed by atoms with E-state index in [1.54, 1.807) is 39.1 Å². The largest absolute Gasteiger partial charge is 0.411 e. The Hall–Kier alpha value is -1.79. The minimum absolute atomic E-state index is 0.0519. The van der Waals surface area contributed by atoms with Crippen molar-refractivity contribution in [2.75, 3.05) is 12.5 Å². The average molecular weight is 329 g/mol. The van der Waals surface area contributed by atoms with Gasteiger partial charge in [0.15, 0.2) is 5.71 Å². The Morgan fingerprint density at radius 1 is 1.29 bits per heavy atom. The van der Waals surface area contributed by atoms with E-state index in [0.29, 0.717) is 15.7 Å². The summed E-state index contributed by atoms with van der Waals surface area (Å²) in [5.41, 5.74) is 2.79. The van der Waals surface area contributed by atoms with Crippen LogP contribution in [-0.2, 0) is 4.79 Å². The molecule has 1 aromatic carbocycles. The molecule has 0 bridgehead atoms. The molecule has 0 radical (unpaired) electrons. The van der Waals surface area contributed by atoms with Crippen molar-refractivity contribution in [3.05, 3.63) is 28.2 Å². The quantitative estimate of drug-likeness (QED) is 0.647. The summed E-state index contributed by atoms with van der Waals surface area (Å²) in [6.45, 7) is 3.53. The first kappa shape index (κ1) is 15.6. The van der Waals surface area contributed by atoms with Gasteiger partial charge in [-0.1, -0.05) is 28.4 Å². The van der Waals surface area contributed by atoms with Crippen molar-refractivity contribution in [2.45, 2.75) is 19.4 Å². The Kier molecular flexibility index (Phi) is 4.11. The molecule has 0 saturated carbocycles. The van der Waals surface area contributed by atoms with E-state index >= 15 is 0 Å². The number of hydrazone groups is 1. The number of nitrogens with one attached hydrogen (secondary N) is 1. The summed E-state index contributed by atoms with van der Waals surface area (Å²) in [5.74, 6) is -0.333. The summed E-state index contributed by atoms with van der Waals surface area (Å²) in [4.78, 5) is 13.6. The molecule has 2 rings (SSSR count). The third-order valence-corrected chi connectivity index (χ3v) is 4.20. The predicted molar refractivity (Wildman–Crippen MR) is 83.6 cm³/mol. The van der Waals surface area contributed by atoms with Gasteiger partial charge in [-0.2, -0.15) is 5.10 Å². The van der Waals surface area contributed by atoms with E-state index in [0.717, 1.165) is 0 Å². The third-order valence-electron chi connectivity index (χ3n) is 3.47. The number of nitrogens with zero attached hydrogens (tertiary/aromatic N) is 3. The van der Waals surface area contributed by atoms with Gasteiger partial charge in [-0.25, -0.2) is 0 Å². The minimum atomic E-state index is -0.732. The van der Waals surface area contributed by atoms with Crippen LogP contribution in [0.15, 0.2) is 28.5 Å². The fourth-order valence-electron chi connectivity index (χ4n) is 1.92. The molecular formula is C13H14Cl2N4O2. The van der Waals surface area contributed by atoms with Crippen LogP contribution < -0.4 is 5.43 Å². The van der Waals surface area contributed by atoms with Gasteiger partial charge < -0.3 is 10.1 Å². The van der Waals surface area contributed by atoms with E-state index < -0.39 is 5.54 Å². The number of likely N-dealkylation sites (tertiary alicyclic amines) is 1. The fraction of sp³-hybridized carbons (Fsp3) is 0.308. The van der Waals surface area contributed by atoms with E-state index in [1.165, 1.54) is 4.90 Å². The van der Waals surface area contributed by atoms with Crippen LogP contribution >= 0.6 is 23.2 Å². The number of carbonyl (C=O) groups excluding carboxylic acids is 1. The molecule has 0 aliphatic carbocycles. The van der Waals surface area contributed by atoms with Gasteiger partial charge in [0.25, 0.3) is 5.91 Å². The zero-order valence-electron chi connectivity index (χ0n) is 11.7. The van der Waals surface area contributed by atoms with E-state index in [4.69, 9.17) is 28.4 Å². The number of anilines is 1. The second-order valence-corrected chi connectivity index (χ2v) is 5.89. The van der Waals surface area contributed by atoms with E-state index in [1.807, 2.05) is 0 Å². The lowest BCUT2D eigenvalue weighted by molar-refractivity contribution is -0.124. The van der Waals surface area contributed by atoms with Crippen LogP contribution in [0.3, 0.4) is 0 Å². The Labute approximate surface area is 132 Å². The number of hydrogen-bond donors (Lipinski definition) is 2. The Morgan fingerprint density at radius 2 is 1.95 bits per heavy atom. The molecule has 8 heteroatoms. The van der Waals surface area contributed by atoms with Crippen molar-refractivity contribution in [3.8, 4) is 0 Å². The molecule has 1 aliphatic rings. The minimum Gasteiger partial charge on any atom is -0.411 e. The SMILES string of the molecule is CN1C(=O)C(=N\Nc2ccc(Cl)c(Cl)c2)/C(=N/O)C1(C)C. The number of rotatable bonds is 2. The maximum absolute atomic E-state index is 12.1. The van der Waals surface area contributed by atoms with Crippen molar-refractivity contribution in [2.24, 2.45) is 10.3 Å². The topological polar surface area (TPSA) is 77.3 Å². The first-order valence-corrected chi connectivity index (χ1v) is 6.84. The molecule has 1 aromatic rings. The van der Waals surface area contributed by atoms with E-state index in [2.05, 4.69) is 15.7 Å². The lowest BCUT2D eigenvalue weighted by Crippen LogP contribution is -2.41. The zero-order valence-corrected chi connectivity index (χ0v) is 13.2. The maximum atomic E-state index is 12.1. The summed E-state index contributed by atoms with van der Waals surface area (Å²) in [5, 5.41) is 17.2. The number of hydrogen-bond acceptors (Lipinski definition) is 5. The first-order chi connectivity index (χ1) is 9.78. The Balaban J connectivity index is 2.32. The molecule has 0 unspecified atom stereocenters. The summed E-state index contributed by atoms with van der Waals surface area (Å²) in [6, 6.07) is 4.86. The molecule has 21 heavy (non-hydrogen) atoms. The van der Waals surface area contributed by atoms with Gasteiger partial charge in [-0.05, 0) is 32.0 Å². The molecule has 112 valence electrons. The number of oxime groups is 1. The summed E-state index contributed by atoms with van der Waals surface area (Å²) in [6.07, 6.45) is 0. The first-order valence-electron chi connectivity index (χ1n) is 6.09. The van der Waals surface area contributed by atoms with Gasteiger partial charge in [0, 0.05) is 7.05 Å². The van der Waals surface area contributed by atoms with Crippen LogP contribution in [0.2, 0.25) is 10.0 Å². The molecule has 2 N–H and O–H groups in total. The molecule has 1 saturated heterocycles. The highest BCUT2D eigenvalue weighted by Crippen LogP contribution is 2.26. The lowest BCUT2D eigenvalue weighted by Gasteiger charge is -2.25. The lowest BCUT2D eigenvalue weighted by atomic mass is 9.99. The zero-order chi connectivity index (χ0) is 15.8. The maximum Gasteiger partial charge on any atom is 0.276 e. The van der Waals surface area contributed by atoms with Crippen LogP contribution in [0, 0.1) is 0 Å². The second kappa shape index (κ2) is 5.54. The van der Waals surface area contributed by atoms with Crippen LogP contribution in [0.25, 0.3) is 0 Å². The van der Waals surface area contributed by atoms with Gasteiger partial charge in [0.05, 0.1) is 21.3 Å². The standard InChI is InChI=1S/C13H14Cl2N4O2/c1-13(2)11(18-21)10(12(20)19(13)3)17-16-7-4-5-8(14)9(15)6-7/h4-6,16,21H,1-3H3/b17-10-,18-11-. The normalized spacial score (nSPS) is 21.4. The smallest absolute Gasteiger partial charge is 0.276 e. The molecule has 0 atom stereocenters. The molecule has 0 aromatic heterocycles. The van der Waals surface area contributed by atoms with Crippen LogP contribution in [0.4, 0.5) is 5.69 Å². The fourth-order valence-corrected chi connectivity index (χ4v) is 2.22. The van der Waals surface area contributed by atoms with Crippen LogP contribution in [0.1, 0.15) is 13.8 Å². The average Bonchev–Trinajstić information content (AvgIpc) is 2.60. The highest BCUT2D eigenvalue weighted by Gasteiger charge is 2.47. The summed E-state index contributed by atoms with van der Waals surface area (Å²) >= 11 is 11.7.